The summed E-state index contributed by atoms with van der Waals surface area (Å²) >= 11 is 0. The molecule has 7 heteroatoms. The summed E-state index contributed by atoms with van der Waals surface area (Å²) in [6.45, 7) is 2.24. The van der Waals surface area contributed by atoms with Crippen molar-refractivity contribution in [1.29, 1.82) is 0 Å². The third-order valence-electron chi connectivity index (χ3n) is 5.14. The Morgan fingerprint density at radius 1 is 1.15 bits per heavy atom. The highest BCUT2D eigenvalue weighted by Gasteiger charge is 2.69. The van der Waals surface area contributed by atoms with Crippen molar-refractivity contribution in [2.24, 2.45) is 5.73 Å². The van der Waals surface area contributed by atoms with E-state index in [2.05, 4.69) is 0 Å². The van der Waals surface area contributed by atoms with Crippen molar-refractivity contribution in [2.75, 3.05) is 20.5 Å². The second-order valence-electron chi connectivity index (χ2n) is 6.91. The Labute approximate surface area is 152 Å². The average Bonchev–Trinajstić information content (AvgIpc) is 2.99. The van der Waals surface area contributed by atoms with Crippen LogP contribution in [0.15, 0.2) is 47.4 Å². The Morgan fingerprint density at radius 3 is 2.54 bits per heavy atom. The van der Waals surface area contributed by atoms with E-state index in [1.54, 1.807) is 30.3 Å². The molecule has 0 bridgehead atoms. The number of hydrogen-bond donors (Lipinski definition) is 1. The summed E-state index contributed by atoms with van der Waals surface area (Å²) in [6.07, 6.45) is 0. The predicted octanol–water partition coefficient (Wildman–Crippen LogP) is 2.01. The van der Waals surface area contributed by atoms with Crippen LogP contribution in [-0.2, 0) is 14.6 Å². The zero-order valence-corrected chi connectivity index (χ0v) is 15.5. The van der Waals surface area contributed by atoms with Crippen LogP contribution in [0.25, 0.3) is 0 Å². The molecule has 2 aromatic carbocycles. The molecule has 0 amide bonds. The van der Waals surface area contributed by atoms with Crippen LogP contribution in [0.5, 0.6) is 11.5 Å². The van der Waals surface area contributed by atoms with Gasteiger partial charge in [-0.3, -0.25) is 0 Å². The van der Waals surface area contributed by atoms with Crippen molar-refractivity contribution in [3.63, 3.8) is 0 Å². The Kier molecular flexibility index (Phi) is 3.98. The van der Waals surface area contributed by atoms with Gasteiger partial charge in [-0.25, -0.2) is 8.42 Å². The molecule has 1 aliphatic carbocycles. The van der Waals surface area contributed by atoms with Gasteiger partial charge in [-0.1, -0.05) is 23.8 Å². The van der Waals surface area contributed by atoms with E-state index in [9.17, 15) is 8.42 Å². The van der Waals surface area contributed by atoms with Gasteiger partial charge in [0.25, 0.3) is 0 Å². The van der Waals surface area contributed by atoms with E-state index in [4.69, 9.17) is 19.9 Å². The van der Waals surface area contributed by atoms with E-state index in [1.807, 2.05) is 19.1 Å². The molecule has 3 atom stereocenters. The maximum Gasteiger partial charge on any atom is 0.231 e. The largest absolute Gasteiger partial charge is 0.454 e. The van der Waals surface area contributed by atoms with Crippen LogP contribution in [0.3, 0.4) is 0 Å². The molecule has 26 heavy (non-hydrogen) atoms. The minimum Gasteiger partial charge on any atom is -0.454 e. The molecule has 1 heterocycles. The third-order valence-corrected chi connectivity index (χ3v) is 7.45. The van der Waals surface area contributed by atoms with Crippen LogP contribution in [0.4, 0.5) is 0 Å². The van der Waals surface area contributed by atoms with E-state index < -0.39 is 20.6 Å². The summed E-state index contributed by atoms with van der Waals surface area (Å²) in [5.74, 6) is 0.894. The number of ether oxygens (including phenoxy) is 3. The molecule has 4 rings (SSSR count). The van der Waals surface area contributed by atoms with E-state index >= 15 is 0 Å². The van der Waals surface area contributed by atoms with Gasteiger partial charge in [0.2, 0.25) is 6.79 Å². The Morgan fingerprint density at radius 2 is 1.85 bits per heavy atom. The van der Waals surface area contributed by atoms with E-state index in [1.165, 1.54) is 7.11 Å². The van der Waals surface area contributed by atoms with E-state index in [0.29, 0.717) is 11.5 Å². The second-order valence-corrected chi connectivity index (χ2v) is 8.98. The van der Waals surface area contributed by atoms with Gasteiger partial charge in [0.15, 0.2) is 21.3 Å². The zero-order valence-electron chi connectivity index (χ0n) is 14.6. The first-order valence-corrected chi connectivity index (χ1v) is 9.90. The zero-order chi connectivity index (χ0) is 18.5. The highest BCUT2D eigenvalue weighted by atomic mass is 32.2. The normalized spacial score (nSPS) is 26.7. The van der Waals surface area contributed by atoms with Crippen molar-refractivity contribution in [1.82, 2.24) is 0 Å². The van der Waals surface area contributed by atoms with E-state index in [0.717, 1.165) is 11.1 Å². The molecule has 6 nitrogen and oxygen atoms in total. The van der Waals surface area contributed by atoms with Crippen molar-refractivity contribution in [2.45, 2.75) is 28.5 Å². The molecule has 0 saturated heterocycles. The predicted molar refractivity (Wildman–Crippen MR) is 96.3 cm³/mol. The Balaban J connectivity index is 1.73. The van der Waals surface area contributed by atoms with Crippen molar-refractivity contribution < 1.29 is 22.6 Å². The average molecular weight is 375 g/mol. The summed E-state index contributed by atoms with van der Waals surface area (Å²) in [5, 5.41) is -0.752. The van der Waals surface area contributed by atoms with Gasteiger partial charge in [-0.05, 0) is 36.8 Å². The highest BCUT2D eigenvalue weighted by molar-refractivity contribution is 7.92. The van der Waals surface area contributed by atoms with Crippen LogP contribution in [0, 0.1) is 6.92 Å². The lowest BCUT2D eigenvalue weighted by Crippen LogP contribution is -2.35. The molecular formula is C19H21NO5S. The first-order valence-electron chi connectivity index (χ1n) is 8.36. The van der Waals surface area contributed by atoms with Gasteiger partial charge in [0.05, 0.1) is 22.3 Å². The smallest absolute Gasteiger partial charge is 0.231 e. The first-order chi connectivity index (χ1) is 12.4. The number of benzene rings is 2. The fourth-order valence-corrected chi connectivity index (χ4v) is 6.07. The number of hydrogen-bond acceptors (Lipinski definition) is 6. The van der Waals surface area contributed by atoms with Crippen LogP contribution >= 0.6 is 0 Å². The second kappa shape index (κ2) is 5.97. The maximum absolute atomic E-state index is 13.2. The monoisotopic (exact) mass is 375 g/mol. The molecule has 2 aromatic rings. The fraction of sp³-hybridized carbons (Fsp3) is 0.368. The van der Waals surface area contributed by atoms with Gasteiger partial charge < -0.3 is 19.9 Å². The number of sulfone groups is 1. The molecular weight excluding hydrogens is 354 g/mol. The summed E-state index contributed by atoms with van der Waals surface area (Å²) in [6, 6.07) is 12.3. The minimum absolute atomic E-state index is 0.155. The molecule has 0 radical (unpaired) electrons. The van der Waals surface area contributed by atoms with Crippen molar-refractivity contribution >= 4 is 9.84 Å². The summed E-state index contributed by atoms with van der Waals surface area (Å²) in [4.78, 5) is 0.280. The Hall–Kier alpha value is -2.09. The highest BCUT2D eigenvalue weighted by Crippen LogP contribution is 2.56. The molecule has 2 N–H and O–H groups in total. The SMILES string of the molecule is COC[C@@]1(N)[C@H](S(=O)(=O)c2ccc(C)cc2)[C@@H]1c1ccc2c(c1)OCO2. The van der Waals surface area contributed by atoms with Crippen LogP contribution in [-0.4, -0.2) is 39.7 Å². The molecule has 1 saturated carbocycles. The Bertz CT molecular complexity index is 941. The molecule has 0 unspecified atom stereocenters. The number of aryl methyl sites for hydroxylation is 1. The summed E-state index contributed by atoms with van der Waals surface area (Å²) in [5.41, 5.74) is 7.34. The van der Waals surface area contributed by atoms with Crippen LogP contribution < -0.4 is 15.2 Å². The lowest BCUT2D eigenvalue weighted by atomic mass is 10.1. The van der Waals surface area contributed by atoms with Crippen LogP contribution in [0.2, 0.25) is 0 Å². The van der Waals surface area contributed by atoms with E-state index in [-0.39, 0.29) is 24.2 Å². The molecule has 0 spiro atoms. The van der Waals surface area contributed by atoms with Crippen LogP contribution in [0.1, 0.15) is 17.0 Å². The molecule has 2 aliphatic rings. The summed E-state index contributed by atoms with van der Waals surface area (Å²) < 4.78 is 42.4. The molecule has 0 aromatic heterocycles. The van der Waals surface area contributed by atoms with Crippen molar-refractivity contribution in [3.05, 3.63) is 53.6 Å². The molecule has 138 valence electrons. The maximum atomic E-state index is 13.2. The van der Waals surface area contributed by atoms with Gasteiger partial charge >= 0.3 is 0 Å². The minimum atomic E-state index is -3.60. The number of rotatable bonds is 5. The van der Waals surface area contributed by atoms with Gasteiger partial charge in [-0.15, -0.1) is 0 Å². The fourth-order valence-electron chi connectivity index (χ4n) is 3.78. The number of nitrogens with two attached hydrogens (primary N) is 1. The first kappa shape index (κ1) is 17.3. The lowest BCUT2D eigenvalue weighted by Gasteiger charge is -2.11. The standard InChI is InChI=1S/C19H21NO5S/c1-12-3-6-14(7-4-12)26(21,22)18-17(19(18,20)10-23-2)13-5-8-15-16(9-13)25-11-24-15/h3-9,17-18H,10-11,20H2,1-2H3/t17-,18+,19-/m0/s1. The topological polar surface area (TPSA) is 87.9 Å². The quantitative estimate of drug-likeness (QED) is 0.860. The number of fused-ring (bicyclic) bond motifs is 1. The molecule has 1 aliphatic heterocycles. The van der Waals surface area contributed by atoms with Gasteiger partial charge in [-0.2, -0.15) is 0 Å². The van der Waals surface area contributed by atoms with Crippen molar-refractivity contribution in [3.8, 4) is 11.5 Å². The van der Waals surface area contributed by atoms with Gasteiger partial charge in [0, 0.05) is 13.0 Å². The summed E-state index contributed by atoms with van der Waals surface area (Å²) in [7, 11) is -2.07. The number of methoxy groups -OCH3 is 1. The lowest BCUT2D eigenvalue weighted by molar-refractivity contribution is 0.171. The molecule has 1 fully saturated rings. The van der Waals surface area contributed by atoms with Gasteiger partial charge in [0.1, 0.15) is 0 Å². The third kappa shape index (κ3) is 2.58.